The second-order valence-corrected chi connectivity index (χ2v) is 9.15. The van der Waals surface area contributed by atoms with Crippen molar-refractivity contribution < 1.29 is 13.2 Å². The first kappa shape index (κ1) is 21.8. The maximum atomic E-state index is 13.3. The maximum Gasteiger partial charge on any atom is 0.416 e. The highest BCUT2D eigenvalue weighted by Gasteiger charge is 2.33. The number of hydrogen-bond acceptors (Lipinski definition) is 4. The smallest absolute Gasteiger partial charge is 0.340 e. The van der Waals surface area contributed by atoms with E-state index < -0.39 is 11.7 Å². The molecule has 0 radical (unpaired) electrons. The van der Waals surface area contributed by atoms with Crippen LogP contribution in [0.5, 0.6) is 0 Å². The summed E-state index contributed by atoms with van der Waals surface area (Å²) >= 11 is 7.41. The van der Waals surface area contributed by atoms with Gasteiger partial charge in [0.15, 0.2) is 0 Å². The van der Waals surface area contributed by atoms with Gasteiger partial charge in [0.1, 0.15) is 0 Å². The van der Waals surface area contributed by atoms with Crippen LogP contribution in [0, 0.1) is 0 Å². The number of piperazine rings is 1. The molecule has 0 bridgehead atoms. The Bertz CT molecular complexity index is 875. The van der Waals surface area contributed by atoms with E-state index in [-0.39, 0.29) is 0 Å². The third-order valence-electron chi connectivity index (χ3n) is 5.61. The summed E-state index contributed by atoms with van der Waals surface area (Å²) in [7, 11) is 0. The molecule has 1 N–H and O–H groups in total. The first-order valence-corrected chi connectivity index (χ1v) is 11.6. The van der Waals surface area contributed by atoms with Crippen molar-refractivity contribution in [3.63, 3.8) is 0 Å². The van der Waals surface area contributed by atoms with Gasteiger partial charge >= 0.3 is 6.18 Å². The highest BCUT2D eigenvalue weighted by atomic mass is 35.5. The molecule has 0 saturated carbocycles. The van der Waals surface area contributed by atoms with Gasteiger partial charge in [0.05, 0.1) is 16.9 Å². The van der Waals surface area contributed by atoms with Crippen LogP contribution in [0.4, 0.5) is 24.5 Å². The van der Waals surface area contributed by atoms with Crippen molar-refractivity contribution >= 4 is 34.7 Å². The summed E-state index contributed by atoms with van der Waals surface area (Å²) in [5.74, 6) is 0.645. The van der Waals surface area contributed by atoms with E-state index in [2.05, 4.69) is 15.1 Å². The van der Waals surface area contributed by atoms with Crippen LogP contribution >= 0.6 is 23.4 Å². The first-order valence-electron chi connectivity index (χ1n) is 10.2. The van der Waals surface area contributed by atoms with E-state index in [0.29, 0.717) is 24.2 Å². The average Bonchev–Trinajstić information content (AvgIpc) is 2.73. The van der Waals surface area contributed by atoms with Gasteiger partial charge in [-0.3, -0.25) is 0 Å². The van der Waals surface area contributed by atoms with E-state index in [1.807, 2.05) is 24.3 Å². The number of nitrogens with one attached hydrogen (secondary N) is 1. The third-order valence-corrected chi connectivity index (χ3v) is 6.95. The van der Waals surface area contributed by atoms with Crippen LogP contribution < -0.4 is 10.2 Å². The van der Waals surface area contributed by atoms with Gasteiger partial charge in [0, 0.05) is 47.9 Å². The van der Waals surface area contributed by atoms with Gasteiger partial charge in [-0.1, -0.05) is 23.9 Å². The highest BCUT2D eigenvalue weighted by Crippen LogP contribution is 2.49. The van der Waals surface area contributed by atoms with Gasteiger partial charge in [0.2, 0.25) is 0 Å². The zero-order valence-corrected chi connectivity index (χ0v) is 18.2. The highest BCUT2D eigenvalue weighted by molar-refractivity contribution is 7.99. The molecule has 0 aliphatic carbocycles. The number of fused-ring (bicyclic) bond motifs is 2. The summed E-state index contributed by atoms with van der Waals surface area (Å²) in [6, 6.07) is 12.4. The number of rotatable bonds is 6. The molecule has 30 heavy (non-hydrogen) atoms. The number of hydrogen-bond donors (Lipinski definition) is 1. The Hall–Kier alpha value is -1.41. The van der Waals surface area contributed by atoms with Crippen molar-refractivity contribution in [2.45, 2.75) is 34.9 Å². The molecule has 0 spiro atoms. The van der Waals surface area contributed by atoms with E-state index in [0.717, 1.165) is 54.5 Å². The predicted molar refractivity (Wildman–Crippen MR) is 117 cm³/mol. The second-order valence-electron chi connectivity index (χ2n) is 7.68. The molecule has 2 aromatic rings. The Labute approximate surface area is 184 Å². The molecule has 3 nitrogen and oxygen atoms in total. The lowest BCUT2D eigenvalue weighted by Gasteiger charge is -2.36. The van der Waals surface area contributed by atoms with Crippen molar-refractivity contribution in [2.24, 2.45) is 0 Å². The van der Waals surface area contributed by atoms with Crippen molar-refractivity contribution in [2.75, 3.05) is 43.5 Å². The molecule has 1 unspecified atom stereocenters. The molecule has 0 amide bonds. The fourth-order valence-corrected chi connectivity index (χ4v) is 5.46. The molecule has 2 aromatic carbocycles. The molecule has 2 heterocycles. The average molecular weight is 456 g/mol. The van der Waals surface area contributed by atoms with Crippen LogP contribution in [0.3, 0.4) is 0 Å². The van der Waals surface area contributed by atoms with Crippen LogP contribution in [0.1, 0.15) is 18.4 Å². The molecule has 4 rings (SSSR count). The predicted octanol–water partition coefficient (Wildman–Crippen LogP) is 5.60. The summed E-state index contributed by atoms with van der Waals surface area (Å²) in [5.41, 5.74) is 1.03. The Morgan fingerprint density at radius 2 is 1.87 bits per heavy atom. The first-order chi connectivity index (χ1) is 14.5. The lowest BCUT2D eigenvalue weighted by Crippen LogP contribution is -2.51. The molecule has 2 aliphatic rings. The van der Waals surface area contributed by atoms with Crippen LogP contribution in [-0.4, -0.2) is 49.5 Å². The Morgan fingerprint density at radius 3 is 2.67 bits per heavy atom. The van der Waals surface area contributed by atoms with Gasteiger partial charge in [-0.25, -0.2) is 0 Å². The molecule has 1 atom stereocenters. The lowest BCUT2D eigenvalue weighted by atomic mass is 10.1. The monoisotopic (exact) mass is 455 g/mol. The Balaban J connectivity index is 1.51. The van der Waals surface area contributed by atoms with Gasteiger partial charge in [-0.2, -0.15) is 13.2 Å². The van der Waals surface area contributed by atoms with Gasteiger partial charge in [-0.05, 0) is 49.7 Å². The van der Waals surface area contributed by atoms with Crippen molar-refractivity contribution in [3.8, 4) is 0 Å². The van der Waals surface area contributed by atoms with Crippen molar-refractivity contribution in [3.05, 3.63) is 48.0 Å². The molecule has 2 aliphatic heterocycles. The van der Waals surface area contributed by atoms with E-state index >= 15 is 0 Å². The van der Waals surface area contributed by atoms with E-state index in [1.54, 1.807) is 6.07 Å². The summed E-state index contributed by atoms with van der Waals surface area (Å²) in [5, 5.41) is 3.49. The number of benzene rings is 2. The minimum atomic E-state index is -4.35. The van der Waals surface area contributed by atoms with E-state index in [9.17, 15) is 13.2 Å². The number of anilines is 2. The zero-order valence-electron chi connectivity index (χ0n) is 16.6. The number of nitrogens with zero attached hydrogens (tertiary/aromatic N) is 2. The summed E-state index contributed by atoms with van der Waals surface area (Å²) in [6.07, 6.45) is -2.52. The molecule has 1 saturated heterocycles. The van der Waals surface area contributed by atoms with Crippen LogP contribution in [0.25, 0.3) is 0 Å². The molecule has 0 aromatic heterocycles. The zero-order chi connectivity index (χ0) is 21.1. The maximum absolute atomic E-state index is 13.3. The Kier molecular flexibility index (Phi) is 6.82. The normalized spacial score (nSPS) is 19.5. The van der Waals surface area contributed by atoms with Crippen molar-refractivity contribution in [1.29, 1.82) is 0 Å². The van der Waals surface area contributed by atoms with E-state index in [4.69, 9.17) is 11.6 Å². The molecule has 1 fully saturated rings. The topological polar surface area (TPSA) is 18.5 Å². The third kappa shape index (κ3) is 4.90. The van der Waals surface area contributed by atoms with Crippen LogP contribution in [0.15, 0.2) is 52.3 Å². The second kappa shape index (κ2) is 9.39. The Morgan fingerprint density at radius 1 is 1.07 bits per heavy atom. The largest absolute Gasteiger partial charge is 0.416 e. The molecular formula is C22H25ClF3N3S. The summed E-state index contributed by atoms with van der Waals surface area (Å²) in [6.45, 7) is 4.49. The van der Waals surface area contributed by atoms with Gasteiger partial charge < -0.3 is 15.1 Å². The van der Waals surface area contributed by atoms with Crippen LogP contribution in [-0.2, 0) is 6.18 Å². The standard InChI is InChI=1S/C22H25ClF3N3S/c23-9-8-17-15-28(13-10-27-17)11-3-12-29-18-4-1-2-5-20(18)30-21-7-6-16(14-19(21)29)22(24,25)26/h1-2,4-7,14,17,27H,3,8-13,15H2. The molecule has 8 heteroatoms. The number of halogens is 4. The number of alkyl halides is 4. The van der Waals surface area contributed by atoms with Crippen molar-refractivity contribution in [1.82, 2.24) is 10.2 Å². The SMILES string of the molecule is FC(F)(F)c1ccc2c(c1)N(CCCN1CCNC(CCCl)C1)c1ccccc1S2. The van der Waals surface area contributed by atoms with Gasteiger partial charge in [0.25, 0.3) is 0 Å². The fourth-order valence-electron chi connectivity index (χ4n) is 4.12. The quantitative estimate of drug-likeness (QED) is 0.571. The van der Waals surface area contributed by atoms with Crippen LogP contribution in [0.2, 0.25) is 0 Å². The minimum absolute atomic E-state index is 0.415. The van der Waals surface area contributed by atoms with E-state index in [1.165, 1.54) is 23.9 Å². The molecular weight excluding hydrogens is 431 g/mol. The summed E-state index contributed by atoms with van der Waals surface area (Å²) in [4.78, 5) is 6.42. The summed E-state index contributed by atoms with van der Waals surface area (Å²) < 4.78 is 40.0. The van der Waals surface area contributed by atoms with Gasteiger partial charge in [-0.15, -0.1) is 11.6 Å². The molecule has 162 valence electrons. The lowest BCUT2D eigenvalue weighted by molar-refractivity contribution is -0.137. The number of para-hydroxylation sites is 1. The fraction of sp³-hybridized carbons (Fsp3) is 0.455. The minimum Gasteiger partial charge on any atom is -0.340 e.